The molecule has 6 nitrogen and oxygen atoms in total. The Bertz CT molecular complexity index is 2620. The molecule has 7 heteroatoms. The summed E-state index contributed by atoms with van der Waals surface area (Å²) in [5.41, 5.74) is 12.7. The van der Waals surface area contributed by atoms with Crippen LogP contribution in [0.2, 0.25) is 0 Å². The van der Waals surface area contributed by atoms with Crippen LogP contribution in [0.25, 0.3) is 61.5 Å². The van der Waals surface area contributed by atoms with E-state index in [4.69, 9.17) is 9.72 Å². The first-order valence-electron chi connectivity index (χ1n) is 19.6. The van der Waals surface area contributed by atoms with Gasteiger partial charge in [0.15, 0.2) is 5.65 Å². The summed E-state index contributed by atoms with van der Waals surface area (Å²) < 4.78 is 8.98. The minimum atomic E-state index is 0. The zero-order chi connectivity index (χ0) is 38.2. The molecule has 57 heavy (non-hydrogen) atoms. The molecule has 2 atom stereocenters. The number of allylic oxidation sites excluding steroid dienone is 1. The molecule has 0 bridgehead atoms. The van der Waals surface area contributed by atoms with Gasteiger partial charge in [0, 0.05) is 49.0 Å². The molecule has 1 aliphatic carbocycles. The fourth-order valence-corrected chi connectivity index (χ4v) is 8.13. The summed E-state index contributed by atoms with van der Waals surface area (Å²) in [6.07, 6.45) is 8.66. The first kappa shape index (κ1) is 38.1. The van der Waals surface area contributed by atoms with E-state index in [1.807, 2.05) is 72.9 Å². The van der Waals surface area contributed by atoms with Gasteiger partial charge in [-0.05, 0) is 64.8 Å². The van der Waals surface area contributed by atoms with Gasteiger partial charge in [-0.2, -0.15) is 0 Å². The van der Waals surface area contributed by atoms with E-state index in [-0.39, 0.29) is 32.1 Å². The Hall–Kier alpha value is -5.75. The number of nitrogens with zero attached hydrogens (tertiary/aromatic N) is 5. The first-order chi connectivity index (χ1) is 27.5. The number of ether oxygens (including phenoxy) is 1. The van der Waals surface area contributed by atoms with E-state index >= 15 is 0 Å². The monoisotopic (exact) mass is 922 g/mol. The fraction of sp³-hybridized carbons (Fsp3) is 0.200. The van der Waals surface area contributed by atoms with Gasteiger partial charge in [0.1, 0.15) is 0 Å². The summed E-state index contributed by atoms with van der Waals surface area (Å²) in [4.78, 5) is 9.57. The number of aromatic nitrogens is 5. The van der Waals surface area contributed by atoms with Gasteiger partial charge in [0.25, 0.3) is 0 Å². The van der Waals surface area contributed by atoms with Crippen LogP contribution in [0.15, 0.2) is 140 Å². The van der Waals surface area contributed by atoms with Crippen molar-refractivity contribution in [2.24, 2.45) is 0 Å². The van der Waals surface area contributed by atoms with Gasteiger partial charge in [-0.15, -0.1) is 64.3 Å². The molecule has 1 aliphatic heterocycles. The first-order valence-corrected chi connectivity index (χ1v) is 19.6. The molecule has 0 saturated carbocycles. The Morgan fingerprint density at radius 3 is 2.30 bits per heavy atom. The maximum atomic E-state index is 6.65. The molecule has 2 unspecified atom stereocenters. The maximum Gasteiger partial charge on any atom is 0.191 e. The molecular weight excluding hydrogens is 879 g/mol. The predicted octanol–water partition coefficient (Wildman–Crippen LogP) is 12.1. The van der Waals surface area contributed by atoms with Crippen molar-refractivity contribution in [1.29, 1.82) is 0 Å². The summed E-state index contributed by atoms with van der Waals surface area (Å²) in [6.45, 7) is 9.02. The number of hydrogen-bond acceptors (Lipinski definition) is 5. The average molecular weight is 922 g/mol. The molecule has 0 spiro atoms. The van der Waals surface area contributed by atoms with E-state index in [1.165, 1.54) is 33.5 Å². The Kier molecular flexibility index (Phi) is 11.0. The van der Waals surface area contributed by atoms with Crippen LogP contribution >= 0.6 is 0 Å². The summed E-state index contributed by atoms with van der Waals surface area (Å²) in [5, 5.41) is 10.2. The summed E-state index contributed by atoms with van der Waals surface area (Å²) >= 11 is 0. The molecule has 285 valence electrons. The van der Waals surface area contributed by atoms with E-state index in [0.717, 1.165) is 57.7 Å². The quantitative estimate of drug-likeness (QED) is 0.123. The van der Waals surface area contributed by atoms with Gasteiger partial charge < -0.3 is 14.3 Å². The summed E-state index contributed by atoms with van der Waals surface area (Å²) in [7, 11) is 0. The van der Waals surface area contributed by atoms with Crippen LogP contribution in [-0.4, -0.2) is 30.8 Å². The normalized spacial score (nSPS) is 15.5. The zero-order valence-electron chi connectivity index (χ0n) is 32.5. The zero-order valence-corrected chi connectivity index (χ0v) is 34.9. The fourth-order valence-electron chi connectivity index (χ4n) is 8.13. The molecule has 2 aliphatic rings. The Labute approximate surface area is 348 Å². The van der Waals surface area contributed by atoms with Crippen molar-refractivity contribution in [3.05, 3.63) is 168 Å². The van der Waals surface area contributed by atoms with Gasteiger partial charge in [-0.25, -0.2) is 0 Å². The van der Waals surface area contributed by atoms with Crippen molar-refractivity contribution in [2.75, 3.05) is 0 Å². The van der Waals surface area contributed by atoms with Crippen LogP contribution in [0, 0.1) is 12.1 Å². The van der Waals surface area contributed by atoms with Crippen molar-refractivity contribution in [2.45, 2.75) is 64.4 Å². The van der Waals surface area contributed by atoms with Gasteiger partial charge in [0.05, 0.1) is 23.0 Å². The second kappa shape index (κ2) is 16.4. The number of imidazole rings is 1. The van der Waals surface area contributed by atoms with Crippen molar-refractivity contribution in [3.63, 3.8) is 0 Å². The maximum absolute atomic E-state index is 6.65. The van der Waals surface area contributed by atoms with E-state index in [9.17, 15) is 0 Å². The Morgan fingerprint density at radius 2 is 1.53 bits per heavy atom. The Balaban J connectivity index is 0.000000201. The summed E-state index contributed by atoms with van der Waals surface area (Å²) in [5.74, 6) is 2.63. The molecular formula is C50H43IrN5O-2. The SMILES string of the molecule is CC(C)c1cccc(C(C)C)c1-n1c(-c2[c-]ccc3c2OC2CCC=CC32)nc2nnc3ccccc3c21.[Ir].[c-]1ccccc1-c1cc(-c2ccccc2)ccn1. The van der Waals surface area contributed by atoms with E-state index in [2.05, 4.69) is 126 Å². The van der Waals surface area contributed by atoms with Gasteiger partial charge in [-0.1, -0.05) is 124 Å². The number of benzene rings is 5. The van der Waals surface area contributed by atoms with Crippen molar-refractivity contribution in [1.82, 2.24) is 24.7 Å². The number of hydrogen-bond donors (Lipinski definition) is 0. The van der Waals surface area contributed by atoms with Crippen LogP contribution in [-0.2, 0) is 20.1 Å². The third kappa shape index (κ3) is 7.22. The number of rotatable bonds is 6. The largest absolute Gasteiger partial charge is 0.532 e. The molecule has 0 fully saturated rings. The van der Waals surface area contributed by atoms with Crippen LogP contribution < -0.4 is 4.74 Å². The predicted molar refractivity (Wildman–Crippen MR) is 226 cm³/mol. The molecule has 3 aromatic heterocycles. The Morgan fingerprint density at radius 1 is 0.754 bits per heavy atom. The minimum absolute atomic E-state index is 0. The molecule has 5 aromatic carbocycles. The molecule has 4 heterocycles. The van der Waals surface area contributed by atoms with E-state index < -0.39 is 0 Å². The average Bonchev–Trinajstić information content (AvgIpc) is 3.83. The van der Waals surface area contributed by atoms with Gasteiger partial charge >= 0.3 is 0 Å². The smallest absolute Gasteiger partial charge is 0.191 e. The third-order valence-corrected chi connectivity index (χ3v) is 10.9. The van der Waals surface area contributed by atoms with Gasteiger partial charge in [0.2, 0.25) is 0 Å². The van der Waals surface area contributed by atoms with Crippen molar-refractivity contribution >= 4 is 22.1 Å². The van der Waals surface area contributed by atoms with Crippen molar-refractivity contribution < 1.29 is 24.8 Å². The molecule has 1 radical (unpaired) electrons. The van der Waals surface area contributed by atoms with Crippen LogP contribution in [0.3, 0.4) is 0 Å². The van der Waals surface area contributed by atoms with Gasteiger partial charge in [-0.3, -0.25) is 4.98 Å². The summed E-state index contributed by atoms with van der Waals surface area (Å²) in [6, 6.07) is 48.1. The molecule has 0 N–H and O–H groups in total. The minimum Gasteiger partial charge on any atom is -0.532 e. The third-order valence-electron chi connectivity index (χ3n) is 10.9. The number of pyridine rings is 1. The molecule has 10 rings (SSSR count). The van der Waals surface area contributed by atoms with E-state index in [0.29, 0.717) is 17.5 Å². The van der Waals surface area contributed by atoms with Crippen LogP contribution in [0.4, 0.5) is 0 Å². The van der Waals surface area contributed by atoms with Crippen LogP contribution in [0.1, 0.15) is 75.0 Å². The number of para-hydroxylation sites is 1. The molecule has 8 aromatic rings. The number of fused-ring (bicyclic) bond motifs is 6. The topological polar surface area (TPSA) is 65.7 Å². The standard InChI is InChI=1S/C33H31N4O.C17H12N.Ir/c1-19(2)21-13-9-14-22(20(3)4)29(21)37-30-25-12-5-7-17-27(25)35-36-32(30)34-33(37)26-16-10-15-24-23-11-6-8-18-28(23)38-31(24)26;1-3-7-14(8-4-1)16-11-12-18-17(13-16)15-9-5-2-6-10-15;/h5-7,9-15,17,19-20,23,28H,8,18H2,1-4H3;1-9,11-13H;/q2*-1;. The van der Waals surface area contributed by atoms with Crippen molar-refractivity contribution in [3.8, 4) is 45.2 Å². The molecule has 0 saturated heterocycles. The second-order valence-electron chi connectivity index (χ2n) is 15.2. The second-order valence-corrected chi connectivity index (χ2v) is 15.2. The molecule has 0 amide bonds. The van der Waals surface area contributed by atoms with E-state index in [1.54, 1.807) is 0 Å². The van der Waals surface area contributed by atoms with Crippen LogP contribution in [0.5, 0.6) is 5.75 Å².